The number of hydrogen-bond acceptors (Lipinski definition) is 6. The van der Waals surface area contributed by atoms with Crippen LogP contribution in [0.5, 0.6) is 5.75 Å². The molecule has 0 aliphatic carbocycles. The van der Waals surface area contributed by atoms with Crippen LogP contribution in [-0.4, -0.2) is 60.1 Å². The Morgan fingerprint density at radius 1 is 1.20 bits per heavy atom. The Kier molecular flexibility index (Phi) is 7.76. The van der Waals surface area contributed by atoms with Gasteiger partial charge in [0.05, 0.1) is 37.6 Å². The van der Waals surface area contributed by atoms with Crippen molar-refractivity contribution in [2.75, 3.05) is 39.5 Å². The smallest absolute Gasteiger partial charge is 0.254 e. The van der Waals surface area contributed by atoms with Crippen molar-refractivity contribution < 1.29 is 14.3 Å². The highest BCUT2D eigenvalue weighted by atomic mass is 16.5. The lowest BCUT2D eigenvalue weighted by molar-refractivity contribution is 0.0371. The first kappa shape index (κ1) is 22.2. The SMILES string of the molecule is CCCOc1ccc(C(=O)CN2CCOCC2)cc1-c1nc(CC)c(CC)c(=O)[nH]1. The lowest BCUT2D eigenvalue weighted by Crippen LogP contribution is -2.39. The highest BCUT2D eigenvalue weighted by Crippen LogP contribution is 2.29. The predicted molar refractivity (Wildman–Crippen MR) is 116 cm³/mol. The Morgan fingerprint density at radius 2 is 1.97 bits per heavy atom. The molecule has 0 amide bonds. The van der Waals surface area contributed by atoms with Gasteiger partial charge >= 0.3 is 0 Å². The van der Waals surface area contributed by atoms with Crippen LogP contribution < -0.4 is 10.3 Å². The van der Waals surface area contributed by atoms with Crippen molar-refractivity contribution in [3.05, 3.63) is 45.4 Å². The Bertz CT molecular complexity index is 933. The number of aromatic nitrogens is 2. The van der Waals surface area contributed by atoms with Gasteiger partial charge in [-0.25, -0.2) is 4.98 Å². The predicted octanol–water partition coefficient (Wildman–Crippen LogP) is 2.87. The van der Waals surface area contributed by atoms with Crippen molar-refractivity contribution in [3.8, 4) is 17.1 Å². The van der Waals surface area contributed by atoms with Gasteiger partial charge in [-0.05, 0) is 37.5 Å². The first-order valence-electron chi connectivity index (χ1n) is 10.8. The maximum Gasteiger partial charge on any atom is 0.254 e. The van der Waals surface area contributed by atoms with Crippen LogP contribution in [0.15, 0.2) is 23.0 Å². The average Bonchev–Trinajstić information content (AvgIpc) is 2.77. The fourth-order valence-electron chi connectivity index (χ4n) is 3.61. The van der Waals surface area contributed by atoms with E-state index >= 15 is 0 Å². The minimum Gasteiger partial charge on any atom is -0.493 e. The number of ether oxygens (including phenoxy) is 2. The van der Waals surface area contributed by atoms with E-state index in [-0.39, 0.29) is 11.3 Å². The number of aryl methyl sites for hydroxylation is 1. The van der Waals surface area contributed by atoms with Crippen molar-refractivity contribution in [2.24, 2.45) is 0 Å². The Labute approximate surface area is 177 Å². The summed E-state index contributed by atoms with van der Waals surface area (Å²) >= 11 is 0. The van der Waals surface area contributed by atoms with E-state index in [1.165, 1.54) is 0 Å². The third-order valence-corrected chi connectivity index (χ3v) is 5.28. The van der Waals surface area contributed by atoms with E-state index in [0.717, 1.165) is 25.2 Å². The quantitative estimate of drug-likeness (QED) is 0.637. The van der Waals surface area contributed by atoms with Crippen molar-refractivity contribution >= 4 is 5.78 Å². The topological polar surface area (TPSA) is 84.5 Å². The van der Waals surface area contributed by atoms with Crippen LogP contribution in [0, 0.1) is 0 Å². The maximum absolute atomic E-state index is 12.9. The standard InChI is InChI=1S/C23H31N3O4/c1-4-11-30-21-8-7-16(20(27)15-26-9-12-29-13-10-26)14-18(21)22-24-19(6-3)17(5-2)23(28)25-22/h7-8,14H,4-6,9-13,15H2,1-3H3,(H,24,25,28). The Hall–Kier alpha value is -2.51. The number of aromatic amines is 1. The van der Waals surface area contributed by atoms with Gasteiger partial charge in [-0.3, -0.25) is 14.5 Å². The molecule has 0 spiro atoms. The number of benzene rings is 1. The van der Waals surface area contributed by atoms with Gasteiger partial charge in [0.15, 0.2) is 5.78 Å². The molecule has 1 N–H and O–H groups in total. The largest absolute Gasteiger partial charge is 0.493 e. The van der Waals surface area contributed by atoms with Crippen LogP contribution in [0.25, 0.3) is 11.4 Å². The summed E-state index contributed by atoms with van der Waals surface area (Å²) in [4.78, 5) is 35.2. The van der Waals surface area contributed by atoms with Crippen LogP contribution >= 0.6 is 0 Å². The zero-order valence-electron chi connectivity index (χ0n) is 18.1. The molecule has 7 heteroatoms. The summed E-state index contributed by atoms with van der Waals surface area (Å²) in [6.45, 7) is 9.67. The van der Waals surface area contributed by atoms with E-state index in [4.69, 9.17) is 14.5 Å². The molecular weight excluding hydrogens is 382 g/mol. The monoisotopic (exact) mass is 413 g/mol. The number of nitrogens with one attached hydrogen (secondary N) is 1. The molecule has 7 nitrogen and oxygen atoms in total. The second-order valence-electron chi connectivity index (χ2n) is 7.42. The Balaban J connectivity index is 1.98. The van der Waals surface area contributed by atoms with Gasteiger partial charge < -0.3 is 14.5 Å². The van der Waals surface area contributed by atoms with Crippen molar-refractivity contribution in [2.45, 2.75) is 40.0 Å². The van der Waals surface area contributed by atoms with Crippen LogP contribution in [0.1, 0.15) is 48.8 Å². The highest BCUT2D eigenvalue weighted by Gasteiger charge is 2.19. The second-order valence-corrected chi connectivity index (χ2v) is 7.42. The van der Waals surface area contributed by atoms with Crippen LogP contribution in [0.4, 0.5) is 0 Å². The zero-order valence-corrected chi connectivity index (χ0v) is 18.1. The van der Waals surface area contributed by atoms with Gasteiger partial charge in [0, 0.05) is 24.2 Å². The molecule has 0 bridgehead atoms. The summed E-state index contributed by atoms with van der Waals surface area (Å²) < 4.78 is 11.3. The minimum absolute atomic E-state index is 0.0310. The molecule has 1 aromatic carbocycles. The van der Waals surface area contributed by atoms with E-state index in [2.05, 4.69) is 9.88 Å². The number of ketones is 1. The van der Waals surface area contributed by atoms with E-state index in [9.17, 15) is 9.59 Å². The number of H-pyrrole nitrogens is 1. The first-order chi connectivity index (χ1) is 14.6. The van der Waals surface area contributed by atoms with Gasteiger partial charge in [-0.15, -0.1) is 0 Å². The average molecular weight is 414 g/mol. The third-order valence-electron chi connectivity index (χ3n) is 5.28. The number of nitrogens with zero attached hydrogens (tertiary/aromatic N) is 2. The third kappa shape index (κ3) is 5.15. The molecule has 1 saturated heterocycles. The molecule has 0 radical (unpaired) electrons. The number of morpholine rings is 1. The molecular formula is C23H31N3O4. The number of Topliss-reactive ketones (excluding diaryl/α,β-unsaturated/α-hetero) is 1. The molecule has 0 saturated carbocycles. The summed E-state index contributed by atoms with van der Waals surface area (Å²) in [5.41, 5.74) is 2.58. The second kappa shape index (κ2) is 10.5. The summed E-state index contributed by atoms with van der Waals surface area (Å²) in [6.07, 6.45) is 2.15. The van der Waals surface area contributed by atoms with E-state index in [1.807, 2.05) is 20.8 Å². The van der Waals surface area contributed by atoms with Gasteiger partial charge in [0.2, 0.25) is 0 Å². The maximum atomic E-state index is 12.9. The molecule has 1 fully saturated rings. The summed E-state index contributed by atoms with van der Waals surface area (Å²) in [5, 5.41) is 0. The molecule has 0 atom stereocenters. The van der Waals surface area contributed by atoms with Crippen LogP contribution in [0.3, 0.4) is 0 Å². The first-order valence-corrected chi connectivity index (χ1v) is 10.8. The van der Waals surface area contributed by atoms with Crippen LogP contribution in [-0.2, 0) is 17.6 Å². The van der Waals surface area contributed by atoms with Crippen molar-refractivity contribution in [1.29, 1.82) is 0 Å². The van der Waals surface area contributed by atoms with E-state index in [1.54, 1.807) is 18.2 Å². The summed E-state index contributed by atoms with van der Waals surface area (Å²) in [5.74, 6) is 1.10. The number of carbonyl (C=O) groups is 1. The Morgan fingerprint density at radius 3 is 2.63 bits per heavy atom. The van der Waals surface area contributed by atoms with Crippen molar-refractivity contribution in [3.63, 3.8) is 0 Å². The van der Waals surface area contributed by atoms with Crippen molar-refractivity contribution in [1.82, 2.24) is 14.9 Å². The van der Waals surface area contributed by atoms with Gasteiger partial charge in [-0.2, -0.15) is 0 Å². The highest BCUT2D eigenvalue weighted by molar-refractivity contribution is 5.99. The fourth-order valence-corrected chi connectivity index (χ4v) is 3.61. The van der Waals surface area contributed by atoms with E-state index < -0.39 is 0 Å². The molecule has 0 unspecified atom stereocenters. The molecule has 2 heterocycles. The number of hydrogen-bond donors (Lipinski definition) is 1. The van der Waals surface area contributed by atoms with Gasteiger partial charge in [0.1, 0.15) is 11.6 Å². The van der Waals surface area contributed by atoms with Gasteiger partial charge in [-0.1, -0.05) is 20.8 Å². The molecule has 1 aliphatic rings. The molecule has 30 heavy (non-hydrogen) atoms. The summed E-state index contributed by atoms with van der Waals surface area (Å²) in [7, 11) is 0. The van der Waals surface area contributed by atoms with E-state index in [0.29, 0.717) is 67.5 Å². The molecule has 3 rings (SSSR count). The van der Waals surface area contributed by atoms with Crippen LogP contribution in [0.2, 0.25) is 0 Å². The molecule has 1 aromatic heterocycles. The lowest BCUT2D eigenvalue weighted by atomic mass is 10.0. The minimum atomic E-state index is -0.133. The normalized spacial score (nSPS) is 14.6. The van der Waals surface area contributed by atoms with Gasteiger partial charge in [0.25, 0.3) is 5.56 Å². The molecule has 1 aliphatic heterocycles. The fraction of sp³-hybridized carbons (Fsp3) is 0.522. The number of carbonyl (C=O) groups excluding carboxylic acids is 1. The number of rotatable bonds is 9. The lowest BCUT2D eigenvalue weighted by Gasteiger charge is -2.25. The molecule has 162 valence electrons. The zero-order chi connectivity index (χ0) is 21.5. The molecule has 2 aromatic rings. The summed E-state index contributed by atoms with van der Waals surface area (Å²) in [6, 6.07) is 5.38.